The molecule has 1 fully saturated rings. The minimum atomic E-state index is 0. The maximum absolute atomic E-state index is 2.47. The largest absolute Gasteiger partial charge is 0.333 e. The fourth-order valence-electron chi connectivity index (χ4n) is 1.07. The minimum absolute atomic E-state index is 0. The molecule has 0 aromatic rings. The maximum atomic E-state index is 2.47. The summed E-state index contributed by atoms with van der Waals surface area (Å²) in [5, 5.41) is 0. The topological polar surface area (TPSA) is 3.24 Å². The van der Waals surface area contributed by atoms with Gasteiger partial charge in [0.1, 0.15) is 0 Å². The zero-order valence-electron chi connectivity index (χ0n) is 8.10. The standard InChI is InChI=1S/C7H14N.C2H6.Re/c1-7(2)8-5-3-4-6-8;1-2;/h3,7H,4-6H2,1-2H3;1-2H3;/q-1;;. The van der Waals surface area contributed by atoms with Crippen LogP contribution in [0.3, 0.4) is 0 Å². The van der Waals surface area contributed by atoms with Crippen LogP contribution in [0.2, 0.25) is 0 Å². The van der Waals surface area contributed by atoms with Crippen molar-refractivity contribution >= 4 is 0 Å². The third kappa shape index (κ3) is 5.85. The molecule has 0 spiro atoms. The third-order valence-corrected chi connectivity index (χ3v) is 1.71. The SMILES string of the molecule is CC.CC(C)N1C[CH-]CC1.[Re]. The first kappa shape index (κ1) is 14.2. The Morgan fingerprint density at radius 2 is 1.82 bits per heavy atom. The Bertz CT molecular complexity index is 68.0. The second-order valence-corrected chi connectivity index (χ2v) is 2.67. The fraction of sp³-hybridized carbons (Fsp3) is 0.889. The Morgan fingerprint density at radius 3 is 2.00 bits per heavy atom. The van der Waals surface area contributed by atoms with E-state index in [4.69, 9.17) is 0 Å². The van der Waals surface area contributed by atoms with Crippen molar-refractivity contribution in [1.29, 1.82) is 0 Å². The molecule has 2 heteroatoms. The van der Waals surface area contributed by atoms with Crippen LogP contribution in [0, 0.1) is 6.42 Å². The molecule has 0 unspecified atom stereocenters. The number of hydrogen-bond acceptors (Lipinski definition) is 1. The Labute approximate surface area is 85.2 Å². The van der Waals surface area contributed by atoms with Crippen LogP contribution in [-0.2, 0) is 20.4 Å². The van der Waals surface area contributed by atoms with Crippen molar-refractivity contribution in [3.8, 4) is 0 Å². The van der Waals surface area contributed by atoms with E-state index in [1.807, 2.05) is 13.8 Å². The molecule has 0 aromatic heterocycles. The molecule has 1 heterocycles. The summed E-state index contributed by atoms with van der Waals surface area (Å²) in [5.74, 6) is 0. The van der Waals surface area contributed by atoms with Crippen LogP contribution in [0.25, 0.3) is 0 Å². The van der Waals surface area contributed by atoms with Crippen LogP contribution in [0.5, 0.6) is 0 Å². The summed E-state index contributed by atoms with van der Waals surface area (Å²) in [4.78, 5) is 2.47. The summed E-state index contributed by atoms with van der Waals surface area (Å²) < 4.78 is 0. The maximum Gasteiger partial charge on any atom is 0.000904 e. The molecule has 0 bridgehead atoms. The van der Waals surface area contributed by atoms with Gasteiger partial charge in [0.05, 0.1) is 0 Å². The van der Waals surface area contributed by atoms with Crippen molar-refractivity contribution in [2.45, 2.75) is 40.2 Å². The number of rotatable bonds is 1. The van der Waals surface area contributed by atoms with Gasteiger partial charge in [-0.25, -0.2) is 0 Å². The van der Waals surface area contributed by atoms with Crippen LogP contribution in [-0.4, -0.2) is 24.0 Å². The van der Waals surface area contributed by atoms with Crippen LogP contribution in [0.1, 0.15) is 34.1 Å². The predicted octanol–water partition coefficient (Wildman–Crippen LogP) is 2.33. The van der Waals surface area contributed by atoms with Gasteiger partial charge in [-0.05, 0) is 20.4 Å². The average Bonchev–Trinajstić information content (AvgIpc) is 2.42. The molecule has 1 radical (unpaired) electrons. The van der Waals surface area contributed by atoms with E-state index in [2.05, 4.69) is 25.2 Å². The van der Waals surface area contributed by atoms with E-state index in [0.29, 0.717) is 0 Å². The Balaban J connectivity index is 0. The fourth-order valence-corrected chi connectivity index (χ4v) is 1.07. The second-order valence-electron chi connectivity index (χ2n) is 2.67. The van der Waals surface area contributed by atoms with Crippen molar-refractivity contribution in [1.82, 2.24) is 4.90 Å². The van der Waals surface area contributed by atoms with Crippen LogP contribution >= 0.6 is 0 Å². The minimum Gasteiger partial charge on any atom is -0.333 e. The predicted molar refractivity (Wildman–Crippen MR) is 47.0 cm³/mol. The quantitative estimate of drug-likeness (QED) is 0.668. The molecule has 0 saturated carbocycles. The summed E-state index contributed by atoms with van der Waals surface area (Å²) >= 11 is 0. The monoisotopic (exact) mass is 329 g/mol. The van der Waals surface area contributed by atoms with Crippen LogP contribution in [0.4, 0.5) is 0 Å². The van der Waals surface area contributed by atoms with E-state index in [9.17, 15) is 0 Å². The average molecular weight is 328 g/mol. The van der Waals surface area contributed by atoms with Gasteiger partial charge in [-0.2, -0.15) is 6.42 Å². The molecule has 1 nitrogen and oxygen atoms in total. The summed E-state index contributed by atoms with van der Waals surface area (Å²) in [7, 11) is 0. The summed E-state index contributed by atoms with van der Waals surface area (Å²) in [5.41, 5.74) is 0. The zero-order chi connectivity index (χ0) is 7.98. The van der Waals surface area contributed by atoms with E-state index in [1.54, 1.807) is 0 Å². The number of likely N-dealkylation sites (tertiary alicyclic amines) is 1. The Kier molecular flexibility index (Phi) is 11.2. The van der Waals surface area contributed by atoms with Crippen LogP contribution < -0.4 is 0 Å². The van der Waals surface area contributed by atoms with Gasteiger partial charge in [0.15, 0.2) is 0 Å². The van der Waals surface area contributed by atoms with Crippen molar-refractivity contribution in [3.63, 3.8) is 0 Å². The first-order valence-electron chi connectivity index (χ1n) is 4.36. The van der Waals surface area contributed by atoms with Crippen LogP contribution in [0.15, 0.2) is 0 Å². The molecule has 0 aromatic carbocycles. The molecule has 0 N–H and O–H groups in total. The van der Waals surface area contributed by atoms with Crippen molar-refractivity contribution in [3.05, 3.63) is 6.42 Å². The molecule has 1 saturated heterocycles. The summed E-state index contributed by atoms with van der Waals surface area (Å²) in [6.07, 6.45) is 3.64. The number of hydrogen-bond donors (Lipinski definition) is 0. The normalized spacial score (nSPS) is 17.2. The van der Waals surface area contributed by atoms with Gasteiger partial charge in [-0.1, -0.05) is 13.8 Å². The number of nitrogens with zero attached hydrogens (tertiary/aromatic N) is 1. The summed E-state index contributed by atoms with van der Waals surface area (Å²) in [6.45, 7) is 11.0. The molecule has 1 aliphatic rings. The van der Waals surface area contributed by atoms with Gasteiger partial charge in [-0.3, -0.25) is 0 Å². The van der Waals surface area contributed by atoms with E-state index >= 15 is 0 Å². The molecule has 1 aliphatic heterocycles. The van der Waals surface area contributed by atoms with Crippen molar-refractivity contribution in [2.75, 3.05) is 13.1 Å². The molecule has 69 valence electrons. The second kappa shape index (κ2) is 8.72. The van der Waals surface area contributed by atoms with Gasteiger partial charge in [-0.15, -0.1) is 6.54 Å². The Hall–Kier alpha value is 0.622. The molecule has 1 rings (SSSR count). The Morgan fingerprint density at radius 1 is 1.27 bits per heavy atom. The smallest absolute Gasteiger partial charge is 0.000904 e. The van der Waals surface area contributed by atoms with Crippen molar-refractivity contribution in [2.24, 2.45) is 0 Å². The van der Waals surface area contributed by atoms with E-state index in [1.165, 1.54) is 19.5 Å². The zero-order valence-corrected chi connectivity index (χ0v) is 10.8. The molecule has 11 heavy (non-hydrogen) atoms. The summed E-state index contributed by atoms with van der Waals surface area (Å²) in [6, 6.07) is 0.744. The van der Waals surface area contributed by atoms with Gasteiger partial charge < -0.3 is 11.3 Å². The first-order valence-corrected chi connectivity index (χ1v) is 4.36. The first-order chi connectivity index (χ1) is 4.80. The van der Waals surface area contributed by atoms with E-state index in [-0.39, 0.29) is 20.4 Å². The van der Waals surface area contributed by atoms with Gasteiger partial charge in [0.2, 0.25) is 0 Å². The molecule has 0 atom stereocenters. The molecule has 0 aliphatic carbocycles. The van der Waals surface area contributed by atoms with E-state index < -0.39 is 0 Å². The van der Waals surface area contributed by atoms with Gasteiger partial charge in [0, 0.05) is 26.5 Å². The van der Waals surface area contributed by atoms with Crippen molar-refractivity contribution < 1.29 is 20.4 Å². The molecule has 0 amide bonds. The van der Waals surface area contributed by atoms with Gasteiger partial charge in [0.25, 0.3) is 0 Å². The molecular formula is C9H20NRe-. The molecular weight excluding hydrogens is 308 g/mol. The van der Waals surface area contributed by atoms with Gasteiger partial charge >= 0.3 is 0 Å². The van der Waals surface area contributed by atoms with E-state index in [0.717, 1.165) is 6.04 Å². The third-order valence-electron chi connectivity index (χ3n) is 1.71.